The minimum Gasteiger partial charge on any atom is -0.366 e. The van der Waals surface area contributed by atoms with Gasteiger partial charge in [-0.2, -0.15) is 10.4 Å². The molecule has 0 bridgehead atoms. The average Bonchev–Trinajstić information content (AvgIpc) is 3.24. The second kappa shape index (κ2) is 5.21. The van der Waals surface area contributed by atoms with Crippen molar-refractivity contribution < 1.29 is 0 Å². The van der Waals surface area contributed by atoms with E-state index in [1.54, 1.807) is 24.7 Å². The lowest BCUT2D eigenvalue weighted by Gasteiger charge is -2.20. The van der Waals surface area contributed by atoms with Gasteiger partial charge in [-0.1, -0.05) is 0 Å². The molecule has 1 fully saturated rings. The number of rotatable bonds is 2. The average molecular weight is 307 g/mol. The maximum atomic E-state index is 12.2. The smallest absolute Gasteiger partial charge is 0.268 e. The van der Waals surface area contributed by atoms with Crippen LogP contribution in [0.4, 0.5) is 5.69 Å². The van der Waals surface area contributed by atoms with Crippen molar-refractivity contribution in [2.24, 2.45) is 0 Å². The summed E-state index contributed by atoms with van der Waals surface area (Å²) in [6.07, 6.45) is 5.73. The van der Waals surface area contributed by atoms with Crippen LogP contribution >= 0.6 is 0 Å². The first-order valence-electron chi connectivity index (χ1n) is 7.28. The molecule has 0 saturated carbocycles. The largest absolute Gasteiger partial charge is 0.366 e. The Morgan fingerprint density at radius 3 is 3.13 bits per heavy atom. The highest BCUT2D eigenvalue weighted by molar-refractivity contribution is 5.91. The normalized spacial score (nSPS) is 17.5. The lowest BCUT2D eigenvalue weighted by Crippen LogP contribution is -2.26. The summed E-state index contributed by atoms with van der Waals surface area (Å²) >= 11 is 0. The van der Waals surface area contributed by atoms with Gasteiger partial charge in [-0.3, -0.25) is 9.78 Å². The Bertz CT molecular complexity index is 954. The number of fused-ring (bicyclic) bond motifs is 1. The second-order valence-electron chi connectivity index (χ2n) is 5.45. The van der Waals surface area contributed by atoms with E-state index in [4.69, 9.17) is 0 Å². The summed E-state index contributed by atoms with van der Waals surface area (Å²) in [5.41, 5.74) is 1.61. The molecular formula is C15H13N7O. The Morgan fingerprint density at radius 2 is 2.35 bits per heavy atom. The number of nitrogens with one attached hydrogen (secondary N) is 1. The van der Waals surface area contributed by atoms with Crippen molar-refractivity contribution in [1.82, 2.24) is 24.7 Å². The van der Waals surface area contributed by atoms with Crippen molar-refractivity contribution >= 4 is 16.7 Å². The Morgan fingerprint density at radius 1 is 1.43 bits per heavy atom. The van der Waals surface area contributed by atoms with Crippen molar-refractivity contribution in [3.63, 3.8) is 0 Å². The van der Waals surface area contributed by atoms with Gasteiger partial charge < -0.3 is 9.88 Å². The number of aromatic nitrogens is 5. The summed E-state index contributed by atoms with van der Waals surface area (Å²) in [5, 5.41) is 13.6. The molecule has 0 aliphatic carbocycles. The minimum absolute atomic E-state index is 0.107. The SMILES string of the molecule is N#Cc1c(N2CC[C@@H](n3cncn3)C2)c2ncccc2[nH]c1=O. The van der Waals surface area contributed by atoms with E-state index in [-0.39, 0.29) is 17.2 Å². The number of H-pyrrole nitrogens is 1. The van der Waals surface area contributed by atoms with Crippen LogP contribution in [0.15, 0.2) is 35.8 Å². The summed E-state index contributed by atoms with van der Waals surface area (Å²) < 4.78 is 1.81. The number of anilines is 1. The van der Waals surface area contributed by atoms with E-state index in [0.717, 1.165) is 13.0 Å². The fraction of sp³-hybridized carbons (Fsp3) is 0.267. The molecule has 4 rings (SSSR count). The van der Waals surface area contributed by atoms with Gasteiger partial charge in [0.05, 0.1) is 17.2 Å². The number of hydrogen-bond donors (Lipinski definition) is 1. The molecule has 1 saturated heterocycles. The van der Waals surface area contributed by atoms with Crippen LogP contribution in [0.3, 0.4) is 0 Å². The second-order valence-corrected chi connectivity index (χ2v) is 5.45. The van der Waals surface area contributed by atoms with Crippen molar-refractivity contribution in [2.45, 2.75) is 12.5 Å². The molecule has 0 amide bonds. The van der Waals surface area contributed by atoms with Crippen LogP contribution in [-0.4, -0.2) is 37.8 Å². The third-order valence-corrected chi connectivity index (χ3v) is 4.15. The number of pyridine rings is 2. The van der Waals surface area contributed by atoms with Crippen LogP contribution in [0, 0.1) is 11.3 Å². The molecule has 8 nitrogen and oxygen atoms in total. The summed E-state index contributed by atoms with van der Waals surface area (Å²) in [4.78, 5) is 25.3. The van der Waals surface area contributed by atoms with Gasteiger partial charge in [0.25, 0.3) is 5.56 Å². The first kappa shape index (κ1) is 13.5. The van der Waals surface area contributed by atoms with Gasteiger partial charge in [0.15, 0.2) is 0 Å². The number of aromatic amines is 1. The van der Waals surface area contributed by atoms with Gasteiger partial charge in [0.1, 0.15) is 29.8 Å². The summed E-state index contributed by atoms with van der Waals surface area (Å²) in [5.74, 6) is 0. The lowest BCUT2D eigenvalue weighted by atomic mass is 10.1. The molecule has 0 spiro atoms. The van der Waals surface area contributed by atoms with Gasteiger partial charge in [-0.25, -0.2) is 9.67 Å². The Balaban J connectivity index is 1.83. The van der Waals surface area contributed by atoms with Crippen molar-refractivity contribution in [1.29, 1.82) is 5.26 Å². The third-order valence-electron chi connectivity index (χ3n) is 4.15. The fourth-order valence-corrected chi connectivity index (χ4v) is 3.08. The van der Waals surface area contributed by atoms with Crippen LogP contribution in [0.2, 0.25) is 0 Å². The summed E-state index contributed by atoms with van der Waals surface area (Å²) in [6, 6.07) is 5.74. The molecule has 8 heteroatoms. The van der Waals surface area contributed by atoms with Crippen LogP contribution in [-0.2, 0) is 0 Å². The van der Waals surface area contributed by atoms with Gasteiger partial charge in [0, 0.05) is 19.3 Å². The lowest BCUT2D eigenvalue weighted by molar-refractivity contribution is 0.493. The van der Waals surface area contributed by atoms with E-state index in [2.05, 4.69) is 20.1 Å². The topological polar surface area (TPSA) is 103 Å². The van der Waals surface area contributed by atoms with Crippen LogP contribution in [0.25, 0.3) is 11.0 Å². The predicted molar refractivity (Wildman–Crippen MR) is 83.0 cm³/mol. The Kier molecular flexibility index (Phi) is 3.05. The maximum absolute atomic E-state index is 12.2. The zero-order chi connectivity index (χ0) is 15.8. The van der Waals surface area contributed by atoms with E-state index < -0.39 is 0 Å². The molecule has 23 heavy (non-hydrogen) atoms. The van der Waals surface area contributed by atoms with E-state index in [0.29, 0.717) is 23.3 Å². The fourth-order valence-electron chi connectivity index (χ4n) is 3.08. The van der Waals surface area contributed by atoms with E-state index in [1.165, 1.54) is 6.33 Å². The molecule has 114 valence electrons. The molecule has 3 aromatic rings. The maximum Gasteiger partial charge on any atom is 0.268 e. The van der Waals surface area contributed by atoms with Crippen molar-refractivity contribution in [2.75, 3.05) is 18.0 Å². The molecule has 1 N–H and O–H groups in total. The van der Waals surface area contributed by atoms with Gasteiger partial charge in [-0.05, 0) is 18.6 Å². The van der Waals surface area contributed by atoms with Crippen molar-refractivity contribution in [3.8, 4) is 6.07 Å². The first-order chi connectivity index (χ1) is 11.3. The van der Waals surface area contributed by atoms with Crippen LogP contribution < -0.4 is 10.5 Å². The highest BCUT2D eigenvalue weighted by Gasteiger charge is 2.29. The van der Waals surface area contributed by atoms with Gasteiger partial charge in [-0.15, -0.1) is 0 Å². The standard InChI is InChI=1S/C15H13N7O/c16-6-11-14(13-12(20-15(11)23)2-1-4-18-13)21-5-3-10(7-21)22-9-17-8-19-22/h1-2,4,8-10H,3,5,7H2,(H,20,23)/t10-/m1/s1. The first-order valence-corrected chi connectivity index (χ1v) is 7.28. The molecule has 0 unspecified atom stereocenters. The highest BCUT2D eigenvalue weighted by atomic mass is 16.1. The van der Waals surface area contributed by atoms with E-state index in [9.17, 15) is 10.1 Å². The van der Waals surface area contributed by atoms with E-state index >= 15 is 0 Å². The zero-order valence-corrected chi connectivity index (χ0v) is 12.2. The third kappa shape index (κ3) is 2.14. The molecule has 3 aromatic heterocycles. The molecule has 0 aromatic carbocycles. The predicted octanol–water partition coefficient (Wildman–Crippen LogP) is 0.838. The molecular weight excluding hydrogens is 294 g/mol. The number of hydrogen-bond acceptors (Lipinski definition) is 6. The van der Waals surface area contributed by atoms with Gasteiger partial charge in [0.2, 0.25) is 0 Å². The monoisotopic (exact) mass is 307 g/mol. The summed E-state index contributed by atoms with van der Waals surface area (Å²) in [7, 11) is 0. The number of nitriles is 1. The molecule has 1 aliphatic heterocycles. The van der Waals surface area contributed by atoms with Crippen LogP contribution in [0.5, 0.6) is 0 Å². The molecule has 0 radical (unpaired) electrons. The van der Waals surface area contributed by atoms with E-state index in [1.807, 2.05) is 15.7 Å². The van der Waals surface area contributed by atoms with Crippen LogP contribution in [0.1, 0.15) is 18.0 Å². The molecule has 4 heterocycles. The Labute approximate surface area is 131 Å². The number of nitrogens with zero attached hydrogens (tertiary/aromatic N) is 6. The quantitative estimate of drug-likeness (QED) is 0.752. The minimum atomic E-state index is -0.382. The van der Waals surface area contributed by atoms with Crippen molar-refractivity contribution in [3.05, 3.63) is 46.9 Å². The highest BCUT2D eigenvalue weighted by Crippen LogP contribution is 2.31. The molecule has 1 atom stereocenters. The Hall–Kier alpha value is -3.21. The summed E-state index contributed by atoms with van der Waals surface area (Å²) in [6.45, 7) is 1.39. The van der Waals surface area contributed by atoms with Gasteiger partial charge >= 0.3 is 0 Å². The molecule has 1 aliphatic rings. The zero-order valence-electron chi connectivity index (χ0n) is 12.2.